The fourth-order valence-corrected chi connectivity index (χ4v) is 2.49. The minimum absolute atomic E-state index is 0.400. The van der Waals surface area contributed by atoms with Crippen molar-refractivity contribution in [2.24, 2.45) is 0 Å². The second-order valence-electron chi connectivity index (χ2n) is 2.99. The van der Waals surface area contributed by atoms with E-state index in [1.165, 1.54) is 25.4 Å². The number of thiophene rings is 1. The maximum atomic E-state index is 11.6. The van der Waals surface area contributed by atoms with Crippen molar-refractivity contribution in [1.82, 2.24) is 5.32 Å². The molecule has 1 atom stereocenters. The van der Waals surface area contributed by atoms with E-state index in [-0.39, 0.29) is 0 Å². The van der Waals surface area contributed by atoms with Crippen LogP contribution in [0.15, 0.2) is 9.85 Å². The van der Waals surface area contributed by atoms with E-state index in [9.17, 15) is 9.59 Å². The van der Waals surface area contributed by atoms with Crippen LogP contribution in [0.5, 0.6) is 5.75 Å². The van der Waals surface area contributed by atoms with E-state index in [0.29, 0.717) is 14.4 Å². The number of rotatable bonds is 4. The van der Waals surface area contributed by atoms with Crippen molar-refractivity contribution < 1.29 is 19.4 Å². The Labute approximate surface area is 105 Å². The number of carbonyl (C=O) groups is 2. The number of ether oxygens (including phenoxy) is 1. The number of hydrogen-bond acceptors (Lipinski definition) is 4. The highest BCUT2D eigenvalue weighted by Gasteiger charge is 2.18. The van der Waals surface area contributed by atoms with Gasteiger partial charge in [-0.1, -0.05) is 0 Å². The number of aliphatic carboxylic acids is 1. The number of halogens is 1. The van der Waals surface area contributed by atoms with Gasteiger partial charge < -0.3 is 15.2 Å². The zero-order valence-electron chi connectivity index (χ0n) is 8.61. The number of hydrogen-bond donors (Lipinski definition) is 2. The van der Waals surface area contributed by atoms with Crippen molar-refractivity contribution in [3.05, 3.63) is 14.7 Å². The van der Waals surface area contributed by atoms with E-state index in [2.05, 4.69) is 21.2 Å². The fourth-order valence-electron chi connectivity index (χ4n) is 0.933. The molecule has 0 saturated carbocycles. The predicted molar refractivity (Wildman–Crippen MR) is 63.1 cm³/mol. The van der Waals surface area contributed by atoms with Crippen LogP contribution in [0, 0.1) is 0 Å². The summed E-state index contributed by atoms with van der Waals surface area (Å²) in [6.45, 7) is 1.40. The van der Waals surface area contributed by atoms with E-state index >= 15 is 0 Å². The van der Waals surface area contributed by atoms with Gasteiger partial charge in [-0.25, -0.2) is 0 Å². The Morgan fingerprint density at radius 3 is 2.69 bits per heavy atom. The van der Waals surface area contributed by atoms with Gasteiger partial charge in [-0.2, -0.15) is 0 Å². The standard InChI is InChI=1S/C9H10BrNO4S/c1-4(9(13)14)11-8(12)6-3-5(15-2)7(10)16-6/h3-4H,1-2H3,(H,11,12)(H,13,14)/t4-/m1/s1. The lowest BCUT2D eigenvalue weighted by molar-refractivity contribution is -0.138. The molecule has 1 rings (SSSR count). The van der Waals surface area contributed by atoms with Crippen LogP contribution in [0.25, 0.3) is 0 Å². The Balaban J connectivity index is 2.77. The maximum absolute atomic E-state index is 11.6. The van der Waals surface area contributed by atoms with Gasteiger partial charge in [0, 0.05) is 6.07 Å². The van der Waals surface area contributed by atoms with Crippen LogP contribution in [0.3, 0.4) is 0 Å². The first-order valence-corrected chi connectivity index (χ1v) is 5.93. The van der Waals surface area contributed by atoms with Gasteiger partial charge in [-0.3, -0.25) is 9.59 Å². The molecule has 1 aromatic heterocycles. The van der Waals surface area contributed by atoms with E-state index in [1.807, 2.05) is 0 Å². The van der Waals surface area contributed by atoms with Crippen molar-refractivity contribution in [1.29, 1.82) is 0 Å². The van der Waals surface area contributed by atoms with Gasteiger partial charge in [0.1, 0.15) is 15.6 Å². The topological polar surface area (TPSA) is 75.6 Å². The molecular weight excluding hydrogens is 298 g/mol. The summed E-state index contributed by atoms with van der Waals surface area (Å²) in [7, 11) is 1.49. The minimum Gasteiger partial charge on any atom is -0.495 e. The fraction of sp³-hybridized carbons (Fsp3) is 0.333. The quantitative estimate of drug-likeness (QED) is 0.888. The summed E-state index contributed by atoms with van der Waals surface area (Å²) in [6.07, 6.45) is 0. The number of carbonyl (C=O) groups excluding carboxylic acids is 1. The van der Waals surface area contributed by atoms with E-state index in [1.54, 1.807) is 6.07 Å². The van der Waals surface area contributed by atoms with Gasteiger partial charge in [0.05, 0.1) is 12.0 Å². The van der Waals surface area contributed by atoms with Crippen LogP contribution in [0.2, 0.25) is 0 Å². The third-order valence-corrected chi connectivity index (χ3v) is 3.60. The van der Waals surface area contributed by atoms with Gasteiger partial charge in [0.25, 0.3) is 5.91 Å². The molecule has 0 unspecified atom stereocenters. The summed E-state index contributed by atoms with van der Waals surface area (Å²) < 4.78 is 5.69. The monoisotopic (exact) mass is 307 g/mol. The third kappa shape index (κ3) is 2.96. The molecule has 0 aliphatic rings. The SMILES string of the molecule is COc1cc(C(=O)N[C@H](C)C(=O)O)sc1Br. The molecule has 0 fully saturated rings. The van der Waals surface area contributed by atoms with Gasteiger partial charge >= 0.3 is 5.97 Å². The van der Waals surface area contributed by atoms with Crippen molar-refractivity contribution in [2.75, 3.05) is 7.11 Å². The van der Waals surface area contributed by atoms with Crippen LogP contribution in [-0.2, 0) is 4.79 Å². The van der Waals surface area contributed by atoms with Crippen LogP contribution in [-0.4, -0.2) is 30.1 Å². The first kappa shape index (κ1) is 13.0. The Kier molecular flexibility index (Phi) is 4.31. The number of carboxylic acids is 1. The number of carboxylic acid groups (broad SMARTS) is 1. The average Bonchev–Trinajstić information content (AvgIpc) is 2.59. The summed E-state index contributed by atoms with van der Waals surface area (Å²) in [5.41, 5.74) is 0. The largest absolute Gasteiger partial charge is 0.495 e. The predicted octanol–water partition coefficient (Wildman–Crippen LogP) is 1.72. The highest BCUT2D eigenvalue weighted by Crippen LogP contribution is 2.34. The summed E-state index contributed by atoms with van der Waals surface area (Å²) in [4.78, 5) is 22.5. The molecule has 0 aliphatic heterocycles. The Morgan fingerprint density at radius 1 is 1.62 bits per heavy atom. The van der Waals surface area contributed by atoms with Crippen LogP contribution < -0.4 is 10.1 Å². The van der Waals surface area contributed by atoms with Crippen molar-refractivity contribution >= 4 is 39.1 Å². The molecule has 1 aromatic rings. The zero-order chi connectivity index (χ0) is 12.3. The molecule has 1 amide bonds. The molecule has 0 aromatic carbocycles. The van der Waals surface area contributed by atoms with Gasteiger partial charge in [0.2, 0.25) is 0 Å². The van der Waals surface area contributed by atoms with E-state index in [0.717, 1.165) is 0 Å². The molecule has 0 aliphatic carbocycles. The smallest absolute Gasteiger partial charge is 0.325 e. The Hall–Kier alpha value is -1.08. The average molecular weight is 308 g/mol. The zero-order valence-corrected chi connectivity index (χ0v) is 11.0. The minimum atomic E-state index is -1.07. The molecule has 0 bridgehead atoms. The molecule has 88 valence electrons. The number of nitrogens with one attached hydrogen (secondary N) is 1. The van der Waals surface area contributed by atoms with Gasteiger partial charge in [-0.05, 0) is 22.9 Å². The normalized spacial score (nSPS) is 11.9. The Morgan fingerprint density at radius 2 is 2.25 bits per heavy atom. The molecule has 16 heavy (non-hydrogen) atoms. The molecular formula is C9H10BrNO4S. The van der Waals surface area contributed by atoms with Crippen molar-refractivity contribution in [3.63, 3.8) is 0 Å². The molecule has 7 heteroatoms. The van der Waals surface area contributed by atoms with Crippen LogP contribution in [0.4, 0.5) is 0 Å². The van der Waals surface area contributed by atoms with Crippen LogP contribution >= 0.6 is 27.3 Å². The first-order chi connectivity index (χ1) is 7.45. The van der Waals surface area contributed by atoms with Gasteiger partial charge in [-0.15, -0.1) is 11.3 Å². The van der Waals surface area contributed by atoms with Gasteiger partial charge in [0.15, 0.2) is 0 Å². The number of methoxy groups -OCH3 is 1. The van der Waals surface area contributed by atoms with Crippen molar-refractivity contribution in [3.8, 4) is 5.75 Å². The second kappa shape index (κ2) is 5.31. The highest BCUT2D eigenvalue weighted by molar-refractivity contribution is 9.11. The summed E-state index contributed by atoms with van der Waals surface area (Å²) in [6, 6.07) is 0.637. The van der Waals surface area contributed by atoms with Crippen LogP contribution in [0.1, 0.15) is 16.6 Å². The van der Waals surface area contributed by atoms with E-state index in [4.69, 9.17) is 9.84 Å². The number of amides is 1. The molecule has 1 heterocycles. The lowest BCUT2D eigenvalue weighted by Crippen LogP contribution is -2.37. The highest BCUT2D eigenvalue weighted by atomic mass is 79.9. The molecule has 0 radical (unpaired) electrons. The lowest BCUT2D eigenvalue weighted by Gasteiger charge is -2.07. The molecule has 0 spiro atoms. The molecule has 0 saturated heterocycles. The molecule has 2 N–H and O–H groups in total. The lowest BCUT2D eigenvalue weighted by atomic mass is 10.3. The van der Waals surface area contributed by atoms with Crippen molar-refractivity contribution in [2.45, 2.75) is 13.0 Å². The Bertz CT molecular complexity index is 418. The first-order valence-electron chi connectivity index (χ1n) is 4.32. The summed E-state index contributed by atoms with van der Waals surface area (Å²) in [5.74, 6) is -0.946. The third-order valence-electron chi connectivity index (χ3n) is 1.82. The molecule has 5 nitrogen and oxygen atoms in total. The summed E-state index contributed by atoms with van der Waals surface area (Å²) in [5, 5.41) is 11.0. The maximum Gasteiger partial charge on any atom is 0.325 e. The second-order valence-corrected chi connectivity index (χ2v) is 5.36. The summed E-state index contributed by atoms with van der Waals surface area (Å²) >= 11 is 4.43. The van der Waals surface area contributed by atoms with E-state index < -0.39 is 17.9 Å².